The zero-order chi connectivity index (χ0) is 21.0. The van der Waals surface area contributed by atoms with Crippen molar-refractivity contribution in [1.82, 2.24) is 10.5 Å². The molecule has 0 aliphatic rings. The number of nitrogens with zero attached hydrogens (tertiary/aromatic N) is 1. The van der Waals surface area contributed by atoms with E-state index in [9.17, 15) is 19.5 Å². The summed E-state index contributed by atoms with van der Waals surface area (Å²) in [6.45, 7) is 8.88. The summed E-state index contributed by atoms with van der Waals surface area (Å²) >= 11 is 0. The van der Waals surface area contributed by atoms with Crippen LogP contribution in [-0.4, -0.2) is 34.1 Å². The molecule has 1 heterocycles. The van der Waals surface area contributed by atoms with Crippen molar-refractivity contribution in [1.29, 1.82) is 0 Å². The lowest BCUT2D eigenvalue weighted by Gasteiger charge is -2.17. The Morgan fingerprint density at radius 2 is 1.82 bits per heavy atom. The number of carboxylic acid groups (broad SMARTS) is 1. The monoisotopic (exact) mass is 387 g/mol. The van der Waals surface area contributed by atoms with Gasteiger partial charge in [-0.05, 0) is 56.9 Å². The molecule has 1 aromatic heterocycles. The SMILES string of the molecule is Cc1cc(C(=O)NC(CC(C)C)C(=O)O)ccc1NC(=O)c1c(C)noc1C. The van der Waals surface area contributed by atoms with Crippen molar-refractivity contribution in [3.63, 3.8) is 0 Å². The summed E-state index contributed by atoms with van der Waals surface area (Å²) in [6, 6.07) is 3.80. The van der Waals surface area contributed by atoms with Crippen molar-refractivity contribution in [2.45, 2.75) is 47.1 Å². The van der Waals surface area contributed by atoms with Gasteiger partial charge in [-0.25, -0.2) is 4.79 Å². The summed E-state index contributed by atoms with van der Waals surface area (Å²) in [6.07, 6.45) is 0.339. The van der Waals surface area contributed by atoms with Crippen LogP contribution in [0.4, 0.5) is 5.69 Å². The highest BCUT2D eigenvalue weighted by molar-refractivity contribution is 6.06. The topological polar surface area (TPSA) is 122 Å². The first-order valence-electron chi connectivity index (χ1n) is 8.98. The van der Waals surface area contributed by atoms with Gasteiger partial charge in [-0.3, -0.25) is 9.59 Å². The van der Waals surface area contributed by atoms with Gasteiger partial charge in [0.2, 0.25) is 0 Å². The predicted octanol–water partition coefficient (Wildman–Crippen LogP) is 3.08. The van der Waals surface area contributed by atoms with Crippen LogP contribution in [0.25, 0.3) is 0 Å². The van der Waals surface area contributed by atoms with E-state index in [1.54, 1.807) is 39.0 Å². The molecule has 0 radical (unpaired) electrons. The number of carbonyl (C=O) groups excluding carboxylic acids is 2. The fourth-order valence-corrected chi connectivity index (χ4v) is 2.87. The average molecular weight is 387 g/mol. The van der Waals surface area contributed by atoms with Crippen LogP contribution in [0.5, 0.6) is 0 Å². The molecule has 0 saturated heterocycles. The van der Waals surface area contributed by atoms with Crippen LogP contribution >= 0.6 is 0 Å². The Morgan fingerprint density at radius 3 is 2.32 bits per heavy atom. The molecule has 0 spiro atoms. The van der Waals surface area contributed by atoms with Crippen LogP contribution in [0.2, 0.25) is 0 Å². The minimum atomic E-state index is -1.07. The number of aryl methyl sites for hydroxylation is 3. The number of anilines is 1. The number of carbonyl (C=O) groups is 3. The van der Waals surface area contributed by atoms with E-state index in [1.165, 1.54) is 0 Å². The minimum Gasteiger partial charge on any atom is -0.480 e. The molecular formula is C20H25N3O5. The quantitative estimate of drug-likeness (QED) is 0.671. The van der Waals surface area contributed by atoms with E-state index in [1.807, 2.05) is 13.8 Å². The van der Waals surface area contributed by atoms with Crippen molar-refractivity contribution in [2.24, 2.45) is 5.92 Å². The fraction of sp³-hybridized carbons (Fsp3) is 0.400. The lowest BCUT2D eigenvalue weighted by atomic mass is 10.0. The number of carboxylic acids is 1. The van der Waals surface area contributed by atoms with Crippen molar-refractivity contribution in [2.75, 3.05) is 5.32 Å². The molecule has 2 rings (SSSR count). The first-order chi connectivity index (χ1) is 13.1. The molecule has 150 valence electrons. The Bertz CT molecular complexity index is 882. The Balaban J connectivity index is 2.14. The van der Waals surface area contributed by atoms with E-state index in [2.05, 4.69) is 15.8 Å². The zero-order valence-corrected chi connectivity index (χ0v) is 16.6. The van der Waals surface area contributed by atoms with Gasteiger partial charge in [0.05, 0.1) is 5.69 Å². The molecule has 1 atom stereocenters. The second-order valence-corrected chi connectivity index (χ2v) is 7.18. The van der Waals surface area contributed by atoms with Crippen molar-refractivity contribution in [3.8, 4) is 0 Å². The Labute approximate surface area is 163 Å². The van der Waals surface area contributed by atoms with Gasteiger partial charge in [0.25, 0.3) is 11.8 Å². The first kappa shape index (κ1) is 21.1. The van der Waals surface area contributed by atoms with Gasteiger partial charge in [-0.1, -0.05) is 19.0 Å². The van der Waals surface area contributed by atoms with Crippen LogP contribution in [-0.2, 0) is 4.79 Å². The molecule has 8 nitrogen and oxygen atoms in total. The molecule has 28 heavy (non-hydrogen) atoms. The van der Waals surface area contributed by atoms with Crippen LogP contribution in [0.1, 0.15) is 58.0 Å². The van der Waals surface area contributed by atoms with Gasteiger partial charge in [0.15, 0.2) is 0 Å². The van der Waals surface area contributed by atoms with E-state index in [4.69, 9.17) is 4.52 Å². The zero-order valence-electron chi connectivity index (χ0n) is 16.6. The number of hydrogen-bond donors (Lipinski definition) is 3. The molecule has 1 aromatic carbocycles. The average Bonchev–Trinajstić information content (AvgIpc) is 2.94. The molecule has 0 saturated carbocycles. The Hall–Kier alpha value is -3.16. The number of aromatic nitrogens is 1. The third kappa shape index (κ3) is 4.97. The highest BCUT2D eigenvalue weighted by atomic mass is 16.5. The standard InChI is InChI=1S/C20H25N3O5/c1-10(2)8-16(20(26)27)22-18(24)14-6-7-15(11(3)9-14)21-19(25)17-12(4)23-28-13(17)5/h6-7,9-10,16H,8H2,1-5H3,(H,21,25)(H,22,24)(H,26,27). The van der Waals surface area contributed by atoms with Crippen LogP contribution in [0.3, 0.4) is 0 Å². The lowest BCUT2D eigenvalue weighted by molar-refractivity contribution is -0.139. The second kappa shape index (κ2) is 8.69. The van der Waals surface area contributed by atoms with Gasteiger partial charge in [0, 0.05) is 11.3 Å². The molecule has 0 bridgehead atoms. The van der Waals surface area contributed by atoms with E-state index in [-0.39, 0.29) is 11.8 Å². The van der Waals surface area contributed by atoms with E-state index < -0.39 is 17.9 Å². The number of benzene rings is 1. The number of amides is 2. The minimum absolute atomic E-state index is 0.130. The van der Waals surface area contributed by atoms with Gasteiger partial charge < -0.3 is 20.3 Å². The number of aliphatic carboxylic acids is 1. The number of rotatable bonds is 7. The van der Waals surface area contributed by atoms with Crippen molar-refractivity contribution >= 4 is 23.5 Å². The predicted molar refractivity (Wildman–Crippen MR) is 103 cm³/mol. The highest BCUT2D eigenvalue weighted by Crippen LogP contribution is 2.20. The maximum Gasteiger partial charge on any atom is 0.326 e. The van der Waals surface area contributed by atoms with Gasteiger partial charge in [-0.15, -0.1) is 0 Å². The van der Waals surface area contributed by atoms with Gasteiger partial charge >= 0.3 is 5.97 Å². The molecular weight excluding hydrogens is 362 g/mol. The third-order valence-electron chi connectivity index (χ3n) is 4.31. The van der Waals surface area contributed by atoms with E-state index in [0.29, 0.717) is 40.3 Å². The maximum absolute atomic E-state index is 12.5. The lowest BCUT2D eigenvalue weighted by Crippen LogP contribution is -2.41. The van der Waals surface area contributed by atoms with Gasteiger partial charge in [0.1, 0.15) is 17.4 Å². The molecule has 2 amide bonds. The summed E-state index contributed by atoms with van der Waals surface area (Å²) in [5, 5.41) is 18.4. The van der Waals surface area contributed by atoms with Crippen LogP contribution in [0.15, 0.2) is 22.7 Å². The Morgan fingerprint density at radius 1 is 1.14 bits per heavy atom. The summed E-state index contributed by atoms with van der Waals surface area (Å²) in [5.74, 6) is -1.33. The number of hydrogen-bond acceptors (Lipinski definition) is 5. The van der Waals surface area contributed by atoms with Crippen LogP contribution in [0, 0.1) is 26.7 Å². The van der Waals surface area contributed by atoms with Gasteiger partial charge in [-0.2, -0.15) is 0 Å². The molecule has 1 unspecified atom stereocenters. The largest absolute Gasteiger partial charge is 0.480 e. The molecule has 3 N–H and O–H groups in total. The van der Waals surface area contributed by atoms with E-state index >= 15 is 0 Å². The van der Waals surface area contributed by atoms with Crippen molar-refractivity contribution < 1.29 is 24.0 Å². The molecule has 0 fully saturated rings. The fourth-order valence-electron chi connectivity index (χ4n) is 2.87. The maximum atomic E-state index is 12.5. The summed E-state index contributed by atoms with van der Waals surface area (Å²) in [4.78, 5) is 36.2. The van der Waals surface area contributed by atoms with E-state index in [0.717, 1.165) is 0 Å². The van der Waals surface area contributed by atoms with Crippen LogP contribution < -0.4 is 10.6 Å². The summed E-state index contributed by atoms with van der Waals surface area (Å²) in [5.41, 5.74) is 2.40. The molecule has 2 aromatic rings. The normalized spacial score (nSPS) is 11.9. The molecule has 0 aliphatic carbocycles. The second-order valence-electron chi connectivity index (χ2n) is 7.18. The highest BCUT2D eigenvalue weighted by Gasteiger charge is 2.22. The molecule has 8 heteroatoms. The third-order valence-corrected chi connectivity index (χ3v) is 4.31. The molecule has 0 aliphatic heterocycles. The van der Waals surface area contributed by atoms with Crippen molar-refractivity contribution in [3.05, 3.63) is 46.3 Å². The summed E-state index contributed by atoms with van der Waals surface area (Å²) < 4.78 is 5.01. The summed E-state index contributed by atoms with van der Waals surface area (Å²) in [7, 11) is 0. The first-order valence-corrected chi connectivity index (χ1v) is 8.98. The Kier molecular flexibility index (Phi) is 6.56. The number of nitrogens with one attached hydrogen (secondary N) is 2. The smallest absolute Gasteiger partial charge is 0.326 e.